The molecule has 2 N–H and O–H groups in total. The van der Waals surface area contributed by atoms with Crippen molar-refractivity contribution >= 4 is 32.1 Å². The molecular formula is C8H19ClN2O4S2. The first kappa shape index (κ1) is 21.9. The van der Waals surface area contributed by atoms with Crippen LogP contribution in [-0.4, -0.2) is 47.4 Å². The first-order chi connectivity index (χ1) is 7.12. The SMILES string of the molecule is CS(=O)(=O)CCC#N.CS(=O)(=O)CCCN.Cl. The summed E-state index contributed by atoms with van der Waals surface area (Å²) in [6.45, 7) is 0.451. The minimum atomic E-state index is -2.91. The largest absolute Gasteiger partial charge is 0.330 e. The van der Waals surface area contributed by atoms with Crippen LogP contribution in [0, 0.1) is 11.3 Å². The molecule has 17 heavy (non-hydrogen) atoms. The first-order valence-electron chi connectivity index (χ1n) is 4.55. The number of nitrogens with two attached hydrogens (primary N) is 1. The molecule has 0 unspecified atom stereocenters. The van der Waals surface area contributed by atoms with Gasteiger partial charge in [-0.2, -0.15) is 5.26 Å². The van der Waals surface area contributed by atoms with Crippen LogP contribution in [0.2, 0.25) is 0 Å². The molecule has 0 aromatic heterocycles. The van der Waals surface area contributed by atoms with Gasteiger partial charge in [-0.15, -0.1) is 12.4 Å². The summed E-state index contributed by atoms with van der Waals surface area (Å²) < 4.78 is 41.1. The van der Waals surface area contributed by atoms with Crippen molar-refractivity contribution in [3.63, 3.8) is 0 Å². The molecule has 0 aromatic carbocycles. The van der Waals surface area contributed by atoms with Crippen molar-refractivity contribution < 1.29 is 16.8 Å². The van der Waals surface area contributed by atoms with Crippen LogP contribution in [0.1, 0.15) is 12.8 Å². The van der Waals surface area contributed by atoms with Gasteiger partial charge in [-0.25, -0.2) is 16.8 Å². The second kappa shape index (κ2) is 10.8. The van der Waals surface area contributed by atoms with Crippen molar-refractivity contribution in [3.8, 4) is 6.07 Å². The smallest absolute Gasteiger partial charge is 0.148 e. The average Bonchev–Trinajstić information content (AvgIpc) is 2.10. The zero-order chi connectivity index (χ0) is 13.2. The number of rotatable bonds is 5. The van der Waals surface area contributed by atoms with Gasteiger partial charge in [0.05, 0.1) is 17.6 Å². The maximum absolute atomic E-state index is 10.3. The van der Waals surface area contributed by atoms with Crippen molar-refractivity contribution in [2.75, 3.05) is 30.6 Å². The quantitative estimate of drug-likeness (QED) is 0.748. The predicted molar refractivity (Wildman–Crippen MR) is 70.6 cm³/mol. The Labute approximate surface area is 109 Å². The molecule has 104 valence electrons. The zero-order valence-corrected chi connectivity index (χ0v) is 12.4. The third-order valence-electron chi connectivity index (χ3n) is 1.30. The van der Waals surface area contributed by atoms with E-state index in [2.05, 4.69) is 0 Å². The number of halogens is 1. The standard InChI is InChI=1S/C4H11NO2S.C4H7NO2S.ClH/c2*1-8(6,7)4-2-3-5;/h2-5H2,1H3;2,4H2,1H3;1H. The normalized spacial score (nSPS) is 10.5. The summed E-state index contributed by atoms with van der Waals surface area (Å²) in [6.07, 6.45) is 2.99. The van der Waals surface area contributed by atoms with Crippen LogP contribution in [0.3, 0.4) is 0 Å². The molecule has 9 heteroatoms. The fraction of sp³-hybridized carbons (Fsp3) is 0.875. The fourth-order valence-electron chi connectivity index (χ4n) is 0.577. The lowest BCUT2D eigenvalue weighted by Gasteiger charge is -1.91. The number of nitriles is 1. The lowest BCUT2D eigenvalue weighted by atomic mass is 10.5. The Kier molecular flexibility index (Phi) is 13.9. The van der Waals surface area contributed by atoms with Gasteiger partial charge in [-0.3, -0.25) is 0 Å². The molecule has 6 nitrogen and oxygen atoms in total. The monoisotopic (exact) mass is 306 g/mol. The van der Waals surface area contributed by atoms with Gasteiger partial charge in [-0.05, 0) is 13.0 Å². The molecule has 0 spiro atoms. The Morgan fingerprint density at radius 3 is 1.59 bits per heavy atom. The molecule has 0 saturated carbocycles. The maximum Gasteiger partial charge on any atom is 0.148 e. The molecule has 0 saturated heterocycles. The molecule has 0 aliphatic rings. The van der Waals surface area contributed by atoms with E-state index in [0.717, 1.165) is 6.26 Å². The van der Waals surface area contributed by atoms with Crippen molar-refractivity contribution in [2.24, 2.45) is 5.73 Å². The van der Waals surface area contributed by atoms with Crippen molar-refractivity contribution in [1.82, 2.24) is 0 Å². The highest BCUT2D eigenvalue weighted by Crippen LogP contribution is 1.85. The number of hydrogen-bond acceptors (Lipinski definition) is 6. The molecule has 0 bridgehead atoms. The van der Waals surface area contributed by atoms with Gasteiger partial charge in [0.1, 0.15) is 19.7 Å². The topological polar surface area (TPSA) is 118 Å². The molecule has 0 aliphatic heterocycles. The summed E-state index contributed by atoms with van der Waals surface area (Å²) in [4.78, 5) is 0. The first-order valence-corrected chi connectivity index (χ1v) is 8.67. The second-order valence-corrected chi connectivity index (χ2v) is 7.83. The minimum Gasteiger partial charge on any atom is -0.330 e. The Balaban J connectivity index is -0.000000218. The van der Waals surface area contributed by atoms with E-state index in [1.807, 2.05) is 0 Å². The van der Waals surface area contributed by atoms with E-state index < -0.39 is 19.7 Å². The van der Waals surface area contributed by atoms with E-state index in [1.165, 1.54) is 6.26 Å². The summed E-state index contributed by atoms with van der Waals surface area (Å²) in [5, 5.41) is 7.92. The third-order valence-corrected chi connectivity index (χ3v) is 3.28. The summed E-state index contributed by atoms with van der Waals surface area (Å²) in [5.74, 6) is 0.187. The highest BCUT2D eigenvalue weighted by atomic mass is 35.5. The van der Waals surface area contributed by atoms with E-state index in [9.17, 15) is 16.8 Å². The van der Waals surface area contributed by atoms with Crippen LogP contribution in [0.4, 0.5) is 0 Å². The van der Waals surface area contributed by atoms with Crippen molar-refractivity contribution in [3.05, 3.63) is 0 Å². The Morgan fingerprint density at radius 1 is 1.06 bits per heavy atom. The number of sulfone groups is 2. The molecule has 0 heterocycles. The van der Waals surface area contributed by atoms with Gasteiger partial charge in [0.2, 0.25) is 0 Å². The van der Waals surface area contributed by atoms with Crippen LogP contribution in [0.5, 0.6) is 0 Å². The van der Waals surface area contributed by atoms with E-state index >= 15 is 0 Å². The third kappa shape index (κ3) is 31.3. The molecule has 0 rings (SSSR count). The van der Waals surface area contributed by atoms with Crippen molar-refractivity contribution in [2.45, 2.75) is 12.8 Å². The van der Waals surface area contributed by atoms with Gasteiger partial charge < -0.3 is 5.73 Å². The van der Waals surface area contributed by atoms with Crippen LogP contribution in [-0.2, 0) is 19.7 Å². The highest BCUT2D eigenvalue weighted by Gasteiger charge is 1.98. The van der Waals surface area contributed by atoms with Crippen molar-refractivity contribution in [1.29, 1.82) is 5.26 Å². The van der Waals surface area contributed by atoms with Crippen LogP contribution in [0.25, 0.3) is 0 Å². The number of hydrogen-bond donors (Lipinski definition) is 1. The maximum atomic E-state index is 10.3. The van der Waals surface area contributed by atoms with E-state index in [0.29, 0.717) is 13.0 Å². The van der Waals surface area contributed by atoms with E-state index in [-0.39, 0.29) is 30.3 Å². The average molecular weight is 307 g/mol. The Bertz CT molecular complexity index is 411. The molecule has 0 fully saturated rings. The molecule has 0 radical (unpaired) electrons. The molecule has 0 aliphatic carbocycles. The fourth-order valence-corrected chi connectivity index (χ4v) is 1.73. The summed E-state index contributed by atoms with van der Waals surface area (Å²) in [7, 11) is -5.68. The highest BCUT2D eigenvalue weighted by molar-refractivity contribution is 7.90. The summed E-state index contributed by atoms with van der Waals surface area (Å²) in [6, 6.07) is 1.75. The summed E-state index contributed by atoms with van der Waals surface area (Å²) >= 11 is 0. The van der Waals surface area contributed by atoms with Crippen LogP contribution in [0.15, 0.2) is 0 Å². The molecular weight excluding hydrogens is 288 g/mol. The van der Waals surface area contributed by atoms with Crippen LogP contribution >= 0.6 is 12.4 Å². The Morgan fingerprint density at radius 2 is 1.47 bits per heavy atom. The van der Waals surface area contributed by atoms with Crippen LogP contribution < -0.4 is 5.73 Å². The molecule has 0 aromatic rings. The lowest BCUT2D eigenvalue weighted by Crippen LogP contribution is -2.08. The van der Waals surface area contributed by atoms with Gasteiger partial charge in [-0.1, -0.05) is 0 Å². The van der Waals surface area contributed by atoms with Gasteiger partial charge in [0, 0.05) is 18.9 Å². The second-order valence-electron chi connectivity index (χ2n) is 3.31. The summed E-state index contributed by atoms with van der Waals surface area (Å²) in [5.41, 5.74) is 5.07. The molecule has 0 atom stereocenters. The Hall–Kier alpha value is -0.360. The molecule has 0 amide bonds. The lowest BCUT2D eigenvalue weighted by molar-refractivity contribution is 0.598. The van der Waals surface area contributed by atoms with Gasteiger partial charge in [0.25, 0.3) is 0 Å². The predicted octanol–water partition coefficient (Wildman–Crippen LogP) is -0.254. The van der Waals surface area contributed by atoms with Gasteiger partial charge >= 0.3 is 0 Å². The van der Waals surface area contributed by atoms with Gasteiger partial charge in [0.15, 0.2) is 0 Å². The number of nitrogens with zero attached hydrogens (tertiary/aromatic N) is 1. The minimum absolute atomic E-state index is 0. The zero-order valence-electron chi connectivity index (χ0n) is 9.92. The van der Waals surface area contributed by atoms with E-state index in [1.54, 1.807) is 6.07 Å². The van der Waals surface area contributed by atoms with E-state index in [4.69, 9.17) is 11.0 Å².